The van der Waals surface area contributed by atoms with Crippen LogP contribution in [0.5, 0.6) is 0 Å². The lowest BCUT2D eigenvalue weighted by Gasteiger charge is -2.15. The number of nitrogens with zero attached hydrogens (tertiary/aromatic N) is 1. The highest BCUT2D eigenvalue weighted by Crippen LogP contribution is 2.24. The predicted molar refractivity (Wildman–Crippen MR) is 75.7 cm³/mol. The third-order valence-electron chi connectivity index (χ3n) is 2.98. The molecule has 0 amide bonds. The lowest BCUT2D eigenvalue weighted by atomic mass is 10.0. The number of nitrogens with two attached hydrogens (primary N) is 1. The molecular formula is C15H18N2O. The summed E-state index contributed by atoms with van der Waals surface area (Å²) in [6, 6.07) is 15.2. The average molecular weight is 242 g/mol. The molecule has 2 aromatic carbocycles. The van der Waals surface area contributed by atoms with Crippen molar-refractivity contribution in [1.29, 1.82) is 0 Å². The topological polar surface area (TPSA) is 49.5 Å². The first-order valence-corrected chi connectivity index (χ1v) is 5.88. The van der Waals surface area contributed by atoms with Crippen molar-refractivity contribution in [3.05, 3.63) is 59.7 Å². The van der Waals surface area contributed by atoms with Gasteiger partial charge in [-0.2, -0.15) is 0 Å². The molecule has 0 radical (unpaired) electrons. The maximum atomic E-state index is 10.3. The second kappa shape index (κ2) is 5.10. The van der Waals surface area contributed by atoms with Crippen LogP contribution in [-0.4, -0.2) is 19.2 Å². The van der Waals surface area contributed by atoms with Crippen molar-refractivity contribution in [3.63, 3.8) is 0 Å². The van der Waals surface area contributed by atoms with Crippen LogP contribution >= 0.6 is 0 Å². The van der Waals surface area contributed by atoms with Gasteiger partial charge in [-0.15, -0.1) is 0 Å². The number of aliphatic hydroxyl groups excluding tert-OH is 1. The molecule has 18 heavy (non-hydrogen) atoms. The minimum Gasteiger partial charge on any atom is -0.399 e. The number of rotatable bonds is 3. The Labute approximate surface area is 107 Å². The fraction of sp³-hybridized carbons (Fsp3) is 0.200. The van der Waals surface area contributed by atoms with Crippen molar-refractivity contribution in [3.8, 4) is 0 Å². The molecule has 0 saturated heterocycles. The Morgan fingerprint density at radius 2 is 1.33 bits per heavy atom. The molecule has 0 aliphatic heterocycles. The maximum absolute atomic E-state index is 10.3. The SMILES string of the molecule is CN(C)c1ccc(C(O)c2ccc(N)cc2)cc1. The van der Waals surface area contributed by atoms with Gasteiger partial charge in [0.1, 0.15) is 6.10 Å². The van der Waals surface area contributed by atoms with E-state index in [-0.39, 0.29) is 0 Å². The third-order valence-corrected chi connectivity index (χ3v) is 2.98. The summed E-state index contributed by atoms with van der Waals surface area (Å²) in [6.45, 7) is 0. The number of nitrogen functional groups attached to an aromatic ring is 1. The highest BCUT2D eigenvalue weighted by molar-refractivity contribution is 5.48. The zero-order valence-electron chi connectivity index (χ0n) is 10.7. The molecule has 0 aliphatic rings. The smallest absolute Gasteiger partial charge is 0.104 e. The summed E-state index contributed by atoms with van der Waals surface area (Å²) in [7, 11) is 3.98. The van der Waals surface area contributed by atoms with E-state index in [9.17, 15) is 5.11 Å². The summed E-state index contributed by atoms with van der Waals surface area (Å²) in [5, 5.41) is 10.3. The van der Waals surface area contributed by atoms with Crippen LogP contribution in [-0.2, 0) is 0 Å². The highest BCUT2D eigenvalue weighted by atomic mass is 16.3. The van der Waals surface area contributed by atoms with E-state index in [2.05, 4.69) is 0 Å². The van der Waals surface area contributed by atoms with Gasteiger partial charge in [0.2, 0.25) is 0 Å². The van der Waals surface area contributed by atoms with Crippen LogP contribution in [0.4, 0.5) is 11.4 Å². The fourth-order valence-corrected chi connectivity index (χ4v) is 1.83. The molecule has 2 aromatic rings. The van der Waals surface area contributed by atoms with Gasteiger partial charge in [0.05, 0.1) is 0 Å². The summed E-state index contributed by atoms with van der Waals surface area (Å²) >= 11 is 0. The van der Waals surface area contributed by atoms with Crippen molar-refractivity contribution in [2.45, 2.75) is 6.10 Å². The molecule has 0 aromatic heterocycles. The fourth-order valence-electron chi connectivity index (χ4n) is 1.83. The normalized spacial score (nSPS) is 12.2. The lowest BCUT2D eigenvalue weighted by Crippen LogP contribution is -2.08. The van der Waals surface area contributed by atoms with Crippen LogP contribution in [0.1, 0.15) is 17.2 Å². The monoisotopic (exact) mass is 242 g/mol. The number of aliphatic hydroxyl groups is 1. The summed E-state index contributed by atoms with van der Waals surface area (Å²) in [5.41, 5.74) is 9.18. The zero-order chi connectivity index (χ0) is 13.1. The summed E-state index contributed by atoms with van der Waals surface area (Å²) in [6.07, 6.45) is -0.609. The Morgan fingerprint density at radius 3 is 1.78 bits per heavy atom. The van der Waals surface area contributed by atoms with Crippen LogP contribution in [0.25, 0.3) is 0 Å². The first-order chi connectivity index (χ1) is 8.58. The molecule has 94 valence electrons. The lowest BCUT2D eigenvalue weighted by molar-refractivity contribution is 0.220. The quantitative estimate of drug-likeness (QED) is 0.813. The second-order valence-electron chi connectivity index (χ2n) is 4.56. The Morgan fingerprint density at radius 1 is 0.889 bits per heavy atom. The molecule has 3 nitrogen and oxygen atoms in total. The highest BCUT2D eigenvalue weighted by Gasteiger charge is 2.10. The van der Waals surface area contributed by atoms with E-state index >= 15 is 0 Å². The Bertz CT molecular complexity index is 503. The van der Waals surface area contributed by atoms with Crippen molar-refractivity contribution in [1.82, 2.24) is 0 Å². The Kier molecular flexibility index (Phi) is 3.53. The summed E-state index contributed by atoms with van der Waals surface area (Å²) in [4.78, 5) is 2.03. The van der Waals surface area contributed by atoms with Crippen LogP contribution in [0.2, 0.25) is 0 Å². The van der Waals surface area contributed by atoms with Crippen LogP contribution in [0, 0.1) is 0 Å². The molecule has 3 N–H and O–H groups in total. The van der Waals surface area contributed by atoms with Crippen molar-refractivity contribution < 1.29 is 5.11 Å². The van der Waals surface area contributed by atoms with E-state index in [1.807, 2.05) is 55.4 Å². The molecule has 1 unspecified atom stereocenters. The van der Waals surface area contributed by atoms with E-state index in [4.69, 9.17) is 5.73 Å². The Balaban J connectivity index is 2.23. The number of hydrogen-bond acceptors (Lipinski definition) is 3. The molecule has 0 spiro atoms. The first kappa shape index (κ1) is 12.5. The summed E-state index contributed by atoms with van der Waals surface area (Å²) < 4.78 is 0. The average Bonchev–Trinajstić information content (AvgIpc) is 2.39. The molecule has 1 atom stereocenters. The van der Waals surface area contributed by atoms with E-state index in [0.717, 1.165) is 16.8 Å². The first-order valence-electron chi connectivity index (χ1n) is 5.88. The molecular weight excluding hydrogens is 224 g/mol. The molecule has 0 fully saturated rings. The predicted octanol–water partition coefficient (Wildman–Crippen LogP) is 2.42. The van der Waals surface area contributed by atoms with Gasteiger partial charge in [-0.3, -0.25) is 0 Å². The van der Waals surface area contributed by atoms with E-state index in [1.165, 1.54) is 0 Å². The Hall–Kier alpha value is -2.00. The zero-order valence-corrected chi connectivity index (χ0v) is 10.7. The maximum Gasteiger partial charge on any atom is 0.104 e. The molecule has 0 heterocycles. The van der Waals surface area contributed by atoms with Gasteiger partial charge in [-0.1, -0.05) is 24.3 Å². The van der Waals surface area contributed by atoms with Gasteiger partial charge < -0.3 is 15.7 Å². The number of benzene rings is 2. The van der Waals surface area contributed by atoms with Crippen molar-refractivity contribution in [2.24, 2.45) is 0 Å². The van der Waals surface area contributed by atoms with Crippen LogP contribution < -0.4 is 10.6 Å². The second-order valence-corrected chi connectivity index (χ2v) is 4.56. The van der Waals surface area contributed by atoms with Gasteiger partial charge in [0, 0.05) is 25.5 Å². The molecule has 0 saturated carbocycles. The van der Waals surface area contributed by atoms with Gasteiger partial charge in [-0.25, -0.2) is 0 Å². The standard InChI is InChI=1S/C15H18N2O/c1-17(2)14-9-5-12(6-10-14)15(18)11-3-7-13(16)8-4-11/h3-10,15,18H,16H2,1-2H3. The van der Waals surface area contributed by atoms with E-state index in [1.54, 1.807) is 12.1 Å². The minimum atomic E-state index is -0.609. The van der Waals surface area contributed by atoms with Gasteiger partial charge in [0.25, 0.3) is 0 Å². The third kappa shape index (κ3) is 2.63. The molecule has 2 rings (SSSR count). The van der Waals surface area contributed by atoms with Crippen molar-refractivity contribution in [2.75, 3.05) is 24.7 Å². The minimum absolute atomic E-state index is 0.609. The number of anilines is 2. The van der Waals surface area contributed by atoms with E-state index < -0.39 is 6.10 Å². The number of hydrogen-bond donors (Lipinski definition) is 2. The molecule has 3 heteroatoms. The van der Waals surface area contributed by atoms with Crippen LogP contribution in [0.15, 0.2) is 48.5 Å². The van der Waals surface area contributed by atoms with Gasteiger partial charge >= 0.3 is 0 Å². The van der Waals surface area contributed by atoms with Gasteiger partial charge in [-0.05, 0) is 35.4 Å². The van der Waals surface area contributed by atoms with E-state index in [0.29, 0.717) is 5.69 Å². The molecule has 0 bridgehead atoms. The molecule has 0 aliphatic carbocycles. The van der Waals surface area contributed by atoms with Crippen LogP contribution in [0.3, 0.4) is 0 Å². The van der Waals surface area contributed by atoms with Gasteiger partial charge in [0.15, 0.2) is 0 Å². The largest absolute Gasteiger partial charge is 0.399 e. The van der Waals surface area contributed by atoms with Crippen molar-refractivity contribution >= 4 is 11.4 Å². The summed E-state index contributed by atoms with van der Waals surface area (Å²) in [5.74, 6) is 0.